The molecule has 0 aromatic carbocycles. The summed E-state index contributed by atoms with van der Waals surface area (Å²) in [7, 11) is 0. The van der Waals surface area contributed by atoms with Crippen molar-refractivity contribution in [1.29, 1.82) is 0 Å². The molecule has 0 saturated carbocycles. The van der Waals surface area contributed by atoms with Crippen molar-refractivity contribution in [2.24, 2.45) is 11.8 Å². The maximum Gasteiger partial charge on any atom is 0.334 e. The molecular formula is C20H22O5. The summed E-state index contributed by atoms with van der Waals surface area (Å²) >= 11 is 0. The maximum atomic E-state index is 12.4. The van der Waals surface area contributed by atoms with E-state index in [-0.39, 0.29) is 11.7 Å². The quantitative estimate of drug-likeness (QED) is 0.570. The Kier molecular flexibility index (Phi) is 4.27. The lowest BCUT2D eigenvalue weighted by Gasteiger charge is -2.28. The van der Waals surface area contributed by atoms with Crippen LogP contribution in [0, 0.1) is 11.8 Å². The third-order valence-corrected chi connectivity index (χ3v) is 5.40. The van der Waals surface area contributed by atoms with Gasteiger partial charge in [0.25, 0.3) is 0 Å². The Hall–Kier alpha value is -2.43. The minimum Gasteiger partial charge on any atom is -0.458 e. The monoisotopic (exact) mass is 342 g/mol. The highest BCUT2D eigenvalue weighted by Gasteiger charge is 2.53. The van der Waals surface area contributed by atoms with Crippen LogP contribution in [-0.4, -0.2) is 29.9 Å². The summed E-state index contributed by atoms with van der Waals surface area (Å²) in [6, 6.07) is 0. The van der Waals surface area contributed by atoms with Gasteiger partial charge in [-0.15, -0.1) is 0 Å². The van der Waals surface area contributed by atoms with E-state index in [9.17, 15) is 14.4 Å². The van der Waals surface area contributed by atoms with Crippen molar-refractivity contribution in [1.82, 2.24) is 0 Å². The Morgan fingerprint density at radius 3 is 2.68 bits per heavy atom. The summed E-state index contributed by atoms with van der Waals surface area (Å²) in [6.07, 6.45) is 2.53. The molecule has 0 radical (unpaired) electrons. The number of ether oxygens (including phenoxy) is 2. The molecule has 25 heavy (non-hydrogen) atoms. The molecule has 2 aliphatic carbocycles. The third kappa shape index (κ3) is 2.68. The highest BCUT2D eigenvalue weighted by molar-refractivity contribution is 6.09. The fourth-order valence-electron chi connectivity index (χ4n) is 3.97. The Labute approximate surface area is 147 Å². The zero-order valence-corrected chi connectivity index (χ0v) is 14.9. The first kappa shape index (κ1) is 17.4. The van der Waals surface area contributed by atoms with E-state index in [1.807, 2.05) is 13.8 Å². The average molecular weight is 342 g/mol. The van der Waals surface area contributed by atoms with Crippen LogP contribution in [0.1, 0.15) is 34.1 Å². The van der Waals surface area contributed by atoms with Crippen LogP contribution in [0.2, 0.25) is 0 Å². The molecule has 0 aromatic heterocycles. The largest absolute Gasteiger partial charge is 0.458 e. The van der Waals surface area contributed by atoms with Crippen LogP contribution in [-0.2, 0) is 23.9 Å². The van der Waals surface area contributed by atoms with E-state index in [4.69, 9.17) is 9.47 Å². The highest BCUT2D eigenvalue weighted by atomic mass is 16.6. The lowest BCUT2D eigenvalue weighted by molar-refractivity contribution is -0.148. The standard InChI is InChI=1S/C20H22O5/c1-6-9(2)19(22)24-14-8-11(4)15-13(21)7-10(3)16(15)18-17(14)12(5)20(23)25-18/h6-7,14,16-18H,5,8H2,1-4H3/b9-6+/t14-,16-,17+,18+/m0/s1. The Morgan fingerprint density at radius 2 is 2.04 bits per heavy atom. The number of fused-ring (bicyclic) bond motifs is 3. The summed E-state index contributed by atoms with van der Waals surface area (Å²) in [5.41, 5.74) is 3.21. The Morgan fingerprint density at radius 1 is 1.36 bits per heavy atom. The molecule has 132 valence electrons. The van der Waals surface area contributed by atoms with Crippen molar-refractivity contribution >= 4 is 17.7 Å². The summed E-state index contributed by atoms with van der Waals surface area (Å²) in [5.74, 6) is -1.70. The van der Waals surface area contributed by atoms with Gasteiger partial charge >= 0.3 is 11.9 Å². The van der Waals surface area contributed by atoms with Crippen molar-refractivity contribution in [2.75, 3.05) is 0 Å². The van der Waals surface area contributed by atoms with Gasteiger partial charge in [-0.3, -0.25) is 4.79 Å². The van der Waals surface area contributed by atoms with E-state index in [0.29, 0.717) is 23.1 Å². The molecule has 1 saturated heterocycles. The first-order chi connectivity index (χ1) is 11.8. The molecule has 3 aliphatic rings. The number of rotatable bonds is 2. The first-order valence-electron chi connectivity index (χ1n) is 8.42. The summed E-state index contributed by atoms with van der Waals surface area (Å²) in [4.78, 5) is 36.8. The normalized spacial score (nSPS) is 32.1. The molecule has 5 heteroatoms. The van der Waals surface area contributed by atoms with Gasteiger partial charge in [0.05, 0.1) is 5.92 Å². The second-order valence-corrected chi connectivity index (χ2v) is 6.96. The fourth-order valence-corrected chi connectivity index (χ4v) is 3.97. The predicted octanol–water partition coefficient (Wildman–Crippen LogP) is 2.83. The van der Waals surface area contributed by atoms with Crippen molar-refractivity contribution in [3.63, 3.8) is 0 Å². The van der Waals surface area contributed by atoms with Crippen LogP contribution in [0.25, 0.3) is 0 Å². The van der Waals surface area contributed by atoms with Crippen molar-refractivity contribution < 1.29 is 23.9 Å². The second-order valence-electron chi connectivity index (χ2n) is 6.96. The second kappa shape index (κ2) is 6.14. The van der Waals surface area contributed by atoms with E-state index in [1.165, 1.54) is 0 Å². The van der Waals surface area contributed by atoms with E-state index >= 15 is 0 Å². The molecule has 4 atom stereocenters. The van der Waals surface area contributed by atoms with Gasteiger partial charge in [-0.25, -0.2) is 9.59 Å². The van der Waals surface area contributed by atoms with Crippen LogP contribution >= 0.6 is 0 Å². The van der Waals surface area contributed by atoms with Crippen LogP contribution in [0.3, 0.4) is 0 Å². The van der Waals surface area contributed by atoms with Crippen LogP contribution < -0.4 is 0 Å². The number of esters is 2. The van der Waals surface area contributed by atoms with Gasteiger partial charge in [-0.05, 0) is 33.8 Å². The molecule has 0 N–H and O–H groups in total. The molecule has 1 fully saturated rings. The number of carbonyl (C=O) groups excluding carboxylic acids is 3. The number of allylic oxidation sites excluding steroid dienone is 2. The zero-order chi connectivity index (χ0) is 18.5. The van der Waals surface area contributed by atoms with Gasteiger partial charge in [0.15, 0.2) is 5.78 Å². The molecule has 0 aromatic rings. The smallest absolute Gasteiger partial charge is 0.334 e. The van der Waals surface area contributed by atoms with E-state index in [1.54, 1.807) is 26.0 Å². The molecule has 3 rings (SSSR count). The first-order valence-corrected chi connectivity index (χ1v) is 8.42. The zero-order valence-electron chi connectivity index (χ0n) is 14.9. The van der Waals surface area contributed by atoms with Gasteiger partial charge in [0, 0.05) is 29.1 Å². The molecule has 5 nitrogen and oxygen atoms in total. The van der Waals surface area contributed by atoms with Crippen molar-refractivity contribution in [2.45, 2.75) is 46.3 Å². The van der Waals surface area contributed by atoms with Gasteiger partial charge in [-0.2, -0.15) is 0 Å². The summed E-state index contributed by atoms with van der Waals surface area (Å²) in [6.45, 7) is 11.0. The topological polar surface area (TPSA) is 69.7 Å². The molecular weight excluding hydrogens is 320 g/mol. The van der Waals surface area contributed by atoms with Crippen LogP contribution in [0.15, 0.2) is 46.6 Å². The number of ketones is 1. The minimum absolute atomic E-state index is 0.0519. The van der Waals surface area contributed by atoms with E-state index in [2.05, 4.69) is 6.58 Å². The summed E-state index contributed by atoms with van der Waals surface area (Å²) in [5, 5.41) is 0. The van der Waals surface area contributed by atoms with Gasteiger partial charge in [0.1, 0.15) is 12.2 Å². The van der Waals surface area contributed by atoms with E-state index < -0.39 is 30.1 Å². The fraction of sp³-hybridized carbons (Fsp3) is 0.450. The molecule has 1 aliphatic heterocycles. The maximum absolute atomic E-state index is 12.4. The molecule has 0 bridgehead atoms. The SMILES string of the molecule is C=C1C(=O)O[C@@H]2[C@H]3C(C)=CC(=O)C3=C(C)C[C@H](OC(=O)/C(C)=C/C)[C@@H]12. The van der Waals surface area contributed by atoms with Crippen molar-refractivity contribution in [3.05, 3.63) is 46.6 Å². The summed E-state index contributed by atoms with van der Waals surface area (Å²) < 4.78 is 11.3. The highest BCUT2D eigenvalue weighted by Crippen LogP contribution is 2.48. The number of hydrogen-bond acceptors (Lipinski definition) is 5. The van der Waals surface area contributed by atoms with Gasteiger partial charge in [-0.1, -0.05) is 23.8 Å². The average Bonchev–Trinajstić information content (AvgIpc) is 2.96. The van der Waals surface area contributed by atoms with Gasteiger partial charge < -0.3 is 9.47 Å². The molecule has 0 unspecified atom stereocenters. The molecule has 1 heterocycles. The van der Waals surface area contributed by atoms with E-state index in [0.717, 1.165) is 11.1 Å². The Bertz CT molecular complexity index is 780. The van der Waals surface area contributed by atoms with Gasteiger partial charge in [0.2, 0.25) is 0 Å². The lowest BCUT2D eigenvalue weighted by Crippen LogP contribution is -2.36. The number of carbonyl (C=O) groups is 3. The molecule has 0 spiro atoms. The minimum atomic E-state index is -0.579. The Balaban J connectivity index is 2.04. The lowest BCUT2D eigenvalue weighted by atomic mass is 9.82. The predicted molar refractivity (Wildman–Crippen MR) is 91.4 cm³/mol. The van der Waals surface area contributed by atoms with Crippen LogP contribution in [0.4, 0.5) is 0 Å². The van der Waals surface area contributed by atoms with Crippen LogP contribution in [0.5, 0.6) is 0 Å². The van der Waals surface area contributed by atoms with Crippen molar-refractivity contribution in [3.8, 4) is 0 Å². The number of hydrogen-bond donors (Lipinski definition) is 0. The molecule has 0 amide bonds. The third-order valence-electron chi connectivity index (χ3n) is 5.40.